The molecule has 1 fully saturated rings. The number of ketones is 1. The molecule has 0 saturated carbocycles. The number of thioether (sulfide) groups is 1. The summed E-state index contributed by atoms with van der Waals surface area (Å²) in [6.45, 7) is 4.29. The Balaban J connectivity index is 1.38. The number of benzene rings is 1. The van der Waals surface area contributed by atoms with Crippen LogP contribution in [0.25, 0.3) is 22.6 Å². The second kappa shape index (κ2) is 9.60. The Morgan fingerprint density at radius 2 is 2.09 bits per heavy atom. The summed E-state index contributed by atoms with van der Waals surface area (Å²) in [6.07, 6.45) is 5.03. The van der Waals surface area contributed by atoms with Gasteiger partial charge in [-0.25, -0.2) is 15.0 Å². The van der Waals surface area contributed by atoms with Crippen molar-refractivity contribution >= 4 is 40.2 Å². The highest BCUT2D eigenvalue weighted by Gasteiger charge is 2.20. The van der Waals surface area contributed by atoms with Crippen LogP contribution >= 0.6 is 23.4 Å². The molecule has 11 heteroatoms. The van der Waals surface area contributed by atoms with E-state index >= 15 is 0 Å². The molecule has 2 N–H and O–H groups in total. The average Bonchev–Trinajstić information content (AvgIpc) is 3.46. The van der Waals surface area contributed by atoms with E-state index in [-0.39, 0.29) is 22.9 Å². The minimum absolute atomic E-state index is 0.0930. The number of hydrogen-bond donors (Lipinski definition) is 2. The maximum absolute atomic E-state index is 12.9. The van der Waals surface area contributed by atoms with Crippen LogP contribution < -0.4 is 0 Å². The zero-order chi connectivity index (χ0) is 22.8. The number of hydrogen-bond acceptors (Lipinski definition) is 8. The Morgan fingerprint density at radius 1 is 1.24 bits per heavy atom. The molecule has 0 amide bonds. The third-order valence-corrected chi connectivity index (χ3v) is 6.37. The fraction of sp³-hybridized carbons (Fsp3) is 0.318. The summed E-state index contributed by atoms with van der Waals surface area (Å²) in [4.78, 5) is 31.7. The van der Waals surface area contributed by atoms with Crippen LogP contribution in [0, 0.1) is 0 Å². The molecular weight excluding hydrogens is 462 g/mol. The van der Waals surface area contributed by atoms with E-state index in [0.717, 1.165) is 43.9 Å². The van der Waals surface area contributed by atoms with Crippen molar-refractivity contribution in [2.75, 3.05) is 32.6 Å². The van der Waals surface area contributed by atoms with Gasteiger partial charge in [-0.1, -0.05) is 29.4 Å². The number of ether oxygens (including phenoxy) is 1. The minimum atomic E-state index is -0.204. The monoisotopic (exact) mass is 483 g/mol. The lowest BCUT2D eigenvalue weighted by atomic mass is 10.1. The lowest BCUT2D eigenvalue weighted by Crippen LogP contribution is -2.35. The van der Waals surface area contributed by atoms with Gasteiger partial charge >= 0.3 is 0 Å². The Morgan fingerprint density at radius 3 is 2.91 bits per heavy atom. The van der Waals surface area contributed by atoms with Gasteiger partial charge in [-0.3, -0.25) is 14.8 Å². The van der Waals surface area contributed by atoms with E-state index in [1.165, 1.54) is 23.5 Å². The molecule has 1 saturated heterocycles. The van der Waals surface area contributed by atoms with Crippen molar-refractivity contribution in [1.29, 1.82) is 0 Å². The molecule has 1 aromatic carbocycles. The van der Waals surface area contributed by atoms with Gasteiger partial charge in [0.25, 0.3) is 0 Å². The van der Waals surface area contributed by atoms with Crippen molar-refractivity contribution in [3.05, 3.63) is 52.4 Å². The number of aromatic nitrogens is 6. The summed E-state index contributed by atoms with van der Waals surface area (Å²) >= 11 is 7.53. The molecule has 170 valence electrons. The number of rotatable bonds is 7. The molecule has 0 spiro atoms. The largest absolute Gasteiger partial charge is 0.379 e. The molecule has 0 atom stereocenters. The first-order valence-electron chi connectivity index (χ1n) is 10.5. The Bertz CT molecular complexity index is 1300. The molecule has 9 nitrogen and oxygen atoms in total. The van der Waals surface area contributed by atoms with E-state index in [4.69, 9.17) is 21.3 Å². The predicted octanol–water partition coefficient (Wildman–Crippen LogP) is 3.38. The molecule has 4 aromatic rings. The zero-order valence-corrected chi connectivity index (χ0v) is 19.5. The summed E-state index contributed by atoms with van der Waals surface area (Å²) < 4.78 is 5.43. The molecule has 1 aliphatic rings. The van der Waals surface area contributed by atoms with Gasteiger partial charge in [0.1, 0.15) is 11.4 Å². The van der Waals surface area contributed by atoms with Gasteiger partial charge in [-0.15, -0.1) is 0 Å². The van der Waals surface area contributed by atoms with E-state index in [0.29, 0.717) is 22.2 Å². The van der Waals surface area contributed by atoms with Crippen molar-refractivity contribution in [3.8, 4) is 11.5 Å². The molecule has 0 radical (unpaired) electrons. The van der Waals surface area contributed by atoms with Crippen molar-refractivity contribution < 1.29 is 9.53 Å². The van der Waals surface area contributed by atoms with Gasteiger partial charge < -0.3 is 9.72 Å². The topological polar surface area (TPSA) is 113 Å². The lowest BCUT2D eigenvalue weighted by Gasteiger charge is -2.26. The van der Waals surface area contributed by atoms with Gasteiger partial charge in [-0.2, -0.15) is 5.10 Å². The maximum Gasteiger partial charge on any atom is 0.188 e. The predicted molar refractivity (Wildman–Crippen MR) is 127 cm³/mol. The quantitative estimate of drug-likeness (QED) is 0.234. The standard InChI is InChI=1S/C22H22ClN7O2S/c1-33-22-24-11-15(23)20(28-22)18(31)9-14-10-25-29-19(14)21-26-16-3-2-13(8-17(16)27-21)12-30-4-6-32-7-5-30/h2-3,8,10-11H,4-7,9,12H2,1H3,(H,25,29)(H,26,27). The number of carbonyl (C=O) groups is 1. The van der Waals surface area contributed by atoms with E-state index in [9.17, 15) is 4.79 Å². The van der Waals surface area contributed by atoms with Crippen LogP contribution in [0.5, 0.6) is 0 Å². The number of morpholine rings is 1. The maximum atomic E-state index is 12.9. The first-order valence-corrected chi connectivity index (χ1v) is 12.1. The number of nitrogens with one attached hydrogen (secondary N) is 2. The van der Waals surface area contributed by atoms with Gasteiger partial charge in [0.05, 0.1) is 41.7 Å². The third-order valence-electron chi connectivity index (χ3n) is 5.53. The second-order valence-electron chi connectivity index (χ2n) is 7.75. The van der Waals surface area contributed by atoms with E-state index < -0.39 is 0 Å². The van der Waals surface area contributed by atoms with Crippen LogP contribution in [0.1, 0.15) is 21.6 Å². The van der Waals surface area contributed by atoms with Crippen LogP contribution in [0.2, 0.25) is 5.02 Å². The van der Waals surface area contributed by atoms with E-state index in [1.54, 1.807) is 6.20 Å². The van der Waals surface area contributed by atoms with Crippen LogP contribution in [0.3, 0.4) is 0 Å². The Hall–Kier alpha value is -2.79. The van der Waals surface area contributed by atoms with Crippen molar-refractivity contribution in [2.45, 2.75) is 18.1 Å². The first-order chi connectivity index (χ1) is 16.1. The smallest absolute Gasteiger partial charge is 0.188 e. The van der Waals surface area contributed by atoms with Crippen molar-refractivity contribution in [3.63, 3.8) is 0 Å². The number of imidazole rings is 1. The van der Waals surface area contributed by atoms with Crippen LogP contribution in [0.15, 0.2) is 35.7 Å². The fourth-order valence-electron chi connectivity index (χ4n) is 3.84. The normalized spacial score (nSPS) is 14.7. The minimum Gasteiger partial charge on any atom is -0.379 e. The summed E-state index contributed by atoms with van der Waals surface area (Å²) in [6, 6.07) is 6.23. The molecule has 3 aromatic heterocycles. The molecular formula is C22H22ClN7O2S. The molecule has 0 aliphatic carbocycles. The number of nitrogens with zero attached hydrogens (tertiary/aromatic N) is 5. The molecule has 5 rings (SSSR count). The Labute approximate surface area is 199 Å². The number of H-pyrrole nitrogens is 2. The highest BCUT2D eigenvalue weighted by Crippen LogP contribution is 2.25. The van der Waals surface area contributed by atoms with Crippen molar-refractivity contribution in [2.24, 2.45) is 0 Å². The Kier molecular flexibility index (Phi) is 6.41. The first kappa shape index (κ1) is 22.0. The molecule has 33 heavy (non-hydrogen) atoms. The van der Waals surface area contributed by atoms with Gasteiger partial charge in [0.15, 0.2) is 16.8 Å². The number of carbonyl (C=O) groups excluding carboxylic acids is 1. The highest BCUT2D eigenvalue weighted by molar-refractivity contribution is 7.98. The average molecular weight is 484 g/mol. The SMILES string of the molecule is CSc1ncc(Cl)c(C(=O)Cc2cn[nH]c2-c2nc3ccc(CN4CCOCC4)cc3[nH]2)n1. The number of halogens is 1. The van der Waals surface area contributed by atoms with Gasteiger partial charge in [0, 0.05) is 31.6 Å². The summed E-state index contributed by atoms with van der Waals surface area (Å²) in [5.74, 6) is 0.427. The van der Waals surface area contributed by atoms with Crippen LogP contribution in [0.4, 0.5) is 0 Å². The molecule has 4 heterocycles. The highest BCUT2D eigenvalue weighted by atomic mass is 35.5. The number of aromatic amines is 2. The summed E-state index contributed by atoms with van der Waals surface area (Å²) in [5, 5.41) is 7.85. The zero-order valence-electron chi connectivity index (χ0n) is 18.0. The number of Topliss-reactive ketones (excluding diaryl/α,β-unsaturated/α-hetero) is 1. The van der Waals surface area contributed by atoms with Crippen LogP contribution in [-0.4, -0.2) is 73.4 Å². The summed E-state index contributed by atoms with van der Waals surface area (Å²) in [7, 11) is 0. The molecule has 1 aliphatic heterocycles. The van der Waals surface area contributed by atoms with Crippen molar-refractivity contribution in [1.82, 2.24) is 35.0 Å². The van der Waals surface area contributed by atoms with E-state index in [1.807, 2.05) is 12.3 Å². The third kappa shape index (κ3) is 4.79. The lowest BCUT2D eigenvalue weighted by molar-refractivity contribution is 0.0342. The van der Waals surface area contributed by atoms with Gasteiger partial charge in [-0.05, 0) is 24.0 Å². The fourth-order valence-corrected chi connectivity index (χ4v) is 4.38. The molecule has 0 unspecified atom stereocenters. The van der Waals surface area contributed by atoms with E-state index in [2.05, 4.69) is 42.2 Å². The molecule has 0 bridgehead atoms. The van der Waals surface area contributed by atoms with Gasteiger partial charge in [0.2, 0.25) is 0 Å². The summed E-state index contributed by atoms with van der Waals surface area (Å²) in [5.41, 5.74) is 4.60. The second-order valence-corrected chi connectivity index (χ2v) is 8.93. The number of fused-ring (bicyclic) bond motifs is 1. The van der Waals surface area contributed by atoms with Crippen LogP contribution in [-0.2, 0) is 17.7 Å².